The predicted molar refractivity (Wildman–Crippen MR) is 98.6 cm³/mol. The second-order valence-electron chi connectivity index (χ2n) is 6.78. The Hall–Kier alpha value is -2.78. The van der Waals surface area contributed by atoms with Gasteiger partial charge in [0.15, 0.2) is 6.23 Å². The van der Waals surface area contributed by atoms with Gasteiger partial charge in [-0.25, -0.2) is 8.78 Å². The third-order valence-electron chi connectivity index (χ3n) is 4.94. The Morgan fingerprint density at radius 1 is 1.31 bits per heavy atom. The highest BCUT2D eigenvalue weighted by Gasteiger charge is 2.37. The van der Waals surface area contributed by atoms with E-state index in [4.69, 9.17) is 16.3 Å². The minimum atomic E-state index is -0.814. The third kappa shape index (κ3) is 3.51. The summed E-state index contributed by atoms with van der Waals surface area (Å²) in [7, 11) is 0. The van der Waals surface area contributed by atoms with Gasteiger partial charge < -0.3 is 19.5 Å². The standard InChI is InChI=1S/C19H16ClF2N3O4/c20-15-16-19(28)25-4-1-5-29-14(25)9-24(16)8-12(17(15)26)18(27)23-7-10-2-3-11(21)6-13(10)22/h2-3,6,8,14H,1,4-5,7,9H2,(H,23,27). The Kier molecular flexibility index (Phi) is 5.10. The number of ether oxygens (including phenoxy) is 1. The van der Waals surface area contributed by atoms with E-state index in [1.807, 2.05) is 0 Å². The molecule has 2 aliphatic heterocycles. The maximum atomic E-state index is 13.7. The fourth-order valence-corrected chi connectivity index (χ4v) is 3.76. The first-order valence-corrected chi connectivity index (χ1v) is 9.32. The molecule has 1 N–H and O–H groups in total. The minimum absolute atomic E-state index is 0.0135. The number of benzene rings is 1. The van der Waals surface area contributed by atoms with E-state index < -0.39 is 35.1 Å². The van der Waals surface area contributed by atoms with Crippen LogP contribution in [0.4, 0.5) is 8.78 Å². The van der Waals surface area contributed by atoms with Gasteiger partial charge in [0, 0.05) is 30.9 Å². The number of hydrogen-bond donors (Lipinski definition) is 1. The molecule has 2 amide bonds. The van der Waals surface area contributed by atoms with Gasteiger partial charge in [-0.2, -0.15) is 0 Å². The van der Waals surface area contributed by atoms with Crippen molar-refractivity contribution in [2.24, 2.45) is 0 Å². The molecule has 3 heterocycles. The van der Waals surface area contributed by atoms with Crippen LogP contribution in [0.3, 0.4) is 0 Å². The number of carbonyl (C=O) groups excluding carboxylic acids is 2. The van der Waals surface area contributed by atoms with Crippen molar-refractivity contribution in [1.29, 1.82) is 0 Å². The Bertz CT molecular complexity index is 1070. The van der Waals surface area contributed by atoms with Gasteiger partial charge in [0.1, 0.15) is 27.9 Å². The van der Waals surface area contributed by atoms with Crippen LogP contribution in [0.15, 0.2) is 29.2 Å². The number of pyridine rings is 1. The molecule has 1 atom stereocenters. The van der Waals surface area contributed by atoms with Crippen molar-refractivity contribution in [1.82, 2.24) is 14.8 Å². The normalized spacial score (nSPS) is 18.2. The summed E-state index contributed by atoms with van der Waals surface area (Å²) in [5.41, 5.74) is -0.997. The van der Waals surface area contributed by atoms with Crippen molar-refractivity contribution >= 4 is 23.4 Å². The Balaban J connectivity index is 1.61. The number of rotatable bonds is 3. The largest absolute Gasteiger partial charge is 0.356 e. The van der Waals surface area contributed by atoms with E-state index in [1.54, 1.807) is 0 Å². The Labute approximate surface area is 168 Å². The topological polar surface area (TPSA) is 80.6 Å². The molecule has 4 rings (SSSR count). The van der Waals surface area contributed by atoms with Crippen molar-refractivity contribution in [2.75, 3.05) is 13.2 Å². The van der Waals surface area contributed by atoms with E-state index in [2.05, 4.69) is 5.32 Å². The molecular weight excluding hydrogens is 408 g/mol. The van der Waals surface area contributed by atoms with Gasteiger partial charge in [0.25, 0.3) is 11.8 Å². The molecule has 0 saturated carbocycles. The summed E-state index contributed by atoms with van der Waals surface area (Å²) < 4.78 is 33.8. The zero-order chi connectivity index (χ0) is 20.7. The highest BCUT2D eigenvalue weighted by atomic mass is 35.5. The van der Waals surface area contributed by atoms with E-state index in [1.165, 1.54) is 21.7 Å². The van der Waals surface area contributed by atoms with Crippen LogP contribution in [-0.2, 0) is 17.8 Å². The van der Waals surface area contributed by atoms with Crippen LogP contribution in [0.25, 0.3) is 0 Å². The van der Waals surface area contributed by atoms with Crippen LogP contribution in [0.5, 0.6) is 0 Å². The smallest absolute Gasteiger partial charge is 0.274 e. The van der Waals surface area contributed by atoms with E-state index in [0.717, 1.165) is 6.07 Å². The van der Waals surface area contributed by atoms with E-state index >= 15 is 0 Å². The van der Waals surface area contributed by atoms with E-state index in [0.29, 0.717) is 25.6 Å². The monoisotopic (exact) mass is 423 g/mol. The van der Waals surface area contributed by atoms with Crippen LogP contribution in [0.2, 0.25) is 5.02 Å². The molecule has 10 heteroatoms. The summed E-state index contributed by atoms with van der Waals surface area (Å²) in [6.45, 7) is 0.990. The predicted octanol–water partition coefficient (Wildman–Crippen LogP) is 1.91. The molecule has 1 aromatic carbocycles. The Morgan fingerprint density at radius 3 is 2.86 bits per heavy atom. The molecule has 1 unspecified atom stereocenters. The molecule has 29 heavy (non-hydrogen) atoms. The van der Waals surface area contributed by atoms with Gasteiger partial charge in [0.05, 0.1) is 13.2 Å². The number of hydrogen-bond acceptors (Lipinski definition) is 4. The average Bonchev–Trinajstić information content (AvgIpc) is 2.70. The molecule has 2 aliphatic rings. The fourth-order valence-electron chi connectivity index (χ4n) is 3.47. The molecule has 7 nitrogen and oxygen atoms in total. The van der Waals surface area contributed by atoms with Crippen molar-refractivity contribution in [3.63, 3.8) is 0 Å². The molecule has 0 aliphatic carbocycles. The fraction of sp³-hybridized carbons (Fsp3) is 0.316. The van der Waals surface area contributed by atoms with Crippen LogP contribution >= 0.6 is 11.6 Å². The first kappa shape index (κ1) is 19.5. The van der Waals surface area contributed by atoms with Gasteiger partial charge in [-0.05, 0) is 12.5 Å². The molecule has 152 valence electrons. The summed E-state index contributed by atoms with van der Waals surface area (Å²) in [6, 6.07) is 2.97. The lowest BCUT2D eigenvalue weighted by Gasteiger charge is -2.40. The van der Waals surface area contributed by atoms with Crippen molar-refractivity contribution in [3.05, 3.63) is 68.1 Å². The SMILES string of the molecule is O=C(NCc1ccc(F)cc1F)c1cn2c(c(Cl)c1=O)C(=O)N1CCCOC1C2. The van der Waals surface area contributed by atoms with Crippen LogP contribution in [-0.4, -0.2) is 40.7 Å². The van der Waals surface area contributed by atoms with E-state index in [-0.39, 0.29) is 34.9 Å². The number of aromatic nitrogens is 1. The molecule has 0 spiro atoms. The van der Waals surface area contributed by atoms with Crippen LogP contribution < -0.4 is 10.7 Å². The average molecular weight is 424 g/mol. The van der Waals surface area contributed by atoms with Gasteiger partial charge in [-0.3, -0.25) is 14.4 Å². The highest BCUT2D eigenvalue weighted by molar-refractivity contribution is 6.33. The van der Waals surface area contributed by atoms with Gasteiger partial charge in [-0.1, -0.05) is 17.7 Å². The summed E-state index contributed by atoms with van der Waals surface area (Å²) in [5.74, 6) is -2.76. The van der Waals surface area contributed by atoms with Gasteiger partial charge in [-0.15, -0.1) is 0 Å². The number of nitrogens with zero attached hydrogens (tertiary/aromatic N) is 2. The molecule has 2 aromatic rings. The van der Waals surface area contributed by atoms with Crippen LogP contribution in [0, 0.1) is 11.6 Å². The lowest BCUT2D eigenvalue weighted by molar-refractivity contribution is -0.0917. The van der Waals surface area contributed by atoms with Crippen molar-refractivity contribution in [2.45, 2.75) is 25.7 Å². The highest BCUT2D eigenvalue weighted by Crippen LogP contribution is 2.25. The molecular formula is C19H16ClF2N3O4. The molecule has 1 saturated heterocycles. The molecule has 0 radical (unpaired) electrons. The van der Waals surface area contributed by atoms with Crippen LogP contribution in [0.1, 0.15) is 32.8 Å². The number of nitrogens with one attached hydrogen (secondary N) is 1. The second kappa shape index (κ2) is 7.57. The van der Waals surface area contributed by atoms with Gasteiger partial charge >= 0.3 is 0 Å². The Morgan fingerprint density at radius 2 is 2.10 bits per heavy atom. The first-order valence-electron chi connectivity index (χ1n) is 8.94. The number of amides is 2. The number of fused-ring (bicyclic) bond motifs is 2. The molecule has 1 aromatic heterocycles. The summed E-state index contributed by atoms with van der Waals surface area (Å²) in [5, 5.41) is 2.07. The van der Waals surface area contributed by atoms with E-state index in [9.17, 15) is 23.2 Å². The lowest BCUT2D eigenvalue weighted by atomic mass is 10.1. The number of halogens is 3. The summed E-state index contributed by atoms with van der Waals surface area (Å²) in [6.07, 6.45) is 1.45. The minimum Gasteiger partial charge on any atom is -0.356 e. The summed E-state index contributed by atoms with van der Waals surface area (Å²) in [4.78, 5) is 39.3. The quantitative estimate of drug-likeness (QED) is 0.817. The molecule has 1 fully saturated rings. The first-order chi connectivity index (χ1) is 13.9. The number of carbonyl (C=O) groups is 2. The molecule has 0 bridgehead atoms. The second-order valence-corrected chi connectivity index (χ2v) is 7.16. The third-order valence-corrected chi connectivity index (χ3v) is 5.29. The maximum absolute atomic E-state index is 13.7. The van der Waals surface area contributed by atoms with Crippen molar-refractivity contribution < 1.29 is 23.1 Å². The summed E-state index contributed by atoms with van der Waals surface area (Å²) >= 11 is 6.14. The maximum Gasteiger partial charge on any atom is 0.274 e. The zero-order valence-corrected chi connectivity index (χ0v) is 15.8. The zero-order valence-electron chi connectivity index (χ0n) is 15.1. The van der Waals surface area contributed by atoms with Crippen molar-refractivity contribution in [3.8, 4) is 0 Å². The van der Waals surface area contributed by atoms with Gasteiger partial charge in [0.2, 0.25) is 5.43 Å². The lowest BCUT2D eigenvalue weighted by Crippen LogP contribution is -2.53.